The van der Waals surface area contributed by atoms with Crippen LogP contribution in [0.25, 0.3) is 0 Å². The summed E-state index contributed by atoms with van der Waals surface area (Å²) in [6, 6.07) is 7.35. The summed E-state index contributed by atoms with van der Waals surface area (Å²) in [6.07, 6.45) is -3.67. The first kappa shape index (κ1) is 24.3. The van der Waals surface area contributed by atoms with Gasteiger partial charge < -0.3 is 28.1 Å². The highest BCUT2D eigenvalue weighted by Gasteiger charge is 2.35. The highest BCUT2D eigenvalue weighted by atomic mass is 16.8. The zero-order chi connectivity index (χ0) is 25.3. The minimum atomic E-state index is -1.34. The second-order valence-electron chi connectivity index (χ2n) is 8.34. The van der Waals surface area contributed by atoms with Crippen molar-refractivity contribution < 1.29 is 52.1 Å². The van der Waals surface area contributed by atoms with Gasteiger partial charge in [-0.15, -0.1) is 0 Å². The Morgan fingerprint density at radius 3 is 2.40 bits per heavy atom. The van der Waals surface area contributed by atoms with E-state index in [1.54, 1.807) is 26.0 Å². The van der Waals surface area contributed by atoms with Gasteiger partial charge in [0.2, 0.25) is 17.9 Å². The van der Waals surface area contributed by atoms with E-state index in [0.717, 1.165) is 6.07 Å². The van der Waals surface area contributed by atoms with Crippen molar-refractivity contribution in [3.8, 4) is 0 Å². The zero-order valence-corrected chi connectivity index (χ0v) is 19.2. The van der Waals surface area contributed by atoms with Crippen LogP contribution in [0.5, 0.6) is 0 Å². The van der Waals surface area contributed by atoms with E-state index in [-0.39, 0.29) is 41.4 Å². The molecule has 0 radical (unpaired) electrons. The molecule has 0 N–H and O–H groups in total. The van der Waals surface area contributed by atoms with Crippen LogP contribution in [0.4, 0.5) is 4.79 Å². The number of ether oxygens (including phenoxy) is 5. The van der Waals surface area contributed by atoms with Crippen LogP contribution in [0.3, 0.4) is 0 Å². The van der Waals surface area contributed by atoms with Crippen LogP contribution in [0.15, 0.2) is 34.7 Å². The van der Waals surface area contributed by atoms with Crippen molar-refractivity contribution in [3.63, 3.8) is 0 Å². The molecule has 0 amide bonds. The van der Waals surface area contributed by atoms with Gasteiger partial charge in [0, 0.05) is 18.1 Å². The Balaban J connectivity index is 1.28. The third-order valence-electron chi connectivity index (χ3n) is 5.19. The Morgan fingerprint density at radius 1 is 1.06 bits per heavy atom. The molecule has 2 aliphatic rings. The summed E-state index contributed by atoms with van der Waals surface area (Å²) in [6.45, 7) is 4.84. The first-order chi connectivity index (χ1) is 16.5. The SMILES string of the molecule is CC(OC(=O)CC(=O)c1cc2c(o1)C(=O)c1ccccc1C2=O)OC(=O)OC[C@@H]1COC(C)(C)O1. The van der Waals surface area contributed by atoms with Crippen LogP contribution >= 0.6 is 0 Å². The fraction of sp³-hybridized carbons (Fsp3) is 0.375. The van der Waals surface area contributed by atoms with Crippen LogP contribution in [0.1, 0.15) is 69.8 Å². The Morgan fingerprint density at radius 2 is 1.74 bits per heavy atom. The van der Waals surface area contributed by atoms with Crippen molar-refractivity contribution >= 4 is 29.5 Å². The van der Waals surface area contributed by atoms with E-state index in [9.17, 15) is 24.0 Å². The summed E-state index contributed by atoms with van der Waals surface area (Å²) in [5.74, 6) is -4.19. The fourth-order valence-corrected chi connectivity index (χ4v) is 3.66. The van der Waals surface area contributed by atoms with Gasteiger partial charge in [0.15, 0.2) is 23.1 Å². The van der Waals surface area contributed by atoms with E-state index < -0.39 is 54.1 Å². The van der Waals surface area contributed by atoms with Gasteiger partial charge in [0.1, 0.15) is 19.1 Å². The van der Waals surface area contributed by atoms with Gasteiger partial charge >= 0.3 is 12.1 Å². The highest BCUT2D eigenvalue weighted by molar-refractivity contribution is 6.28. The maximum atomic E-state index is 12.6. The van der Waals surface area contributed by atoms with Crippen LogP contribution in [0.2, 0.25) is 0 Å². The first-order valence-corrected chi connectivity index (χ1v) is 10.7. The molecule has 0 bridgehead atoms. The molecular formula is C24H22O11. The van der Waals surface area contributed by atoms with Crippen molar-refractivity contribution in [2.75, 3.05) is 13.2 Å². The van der Waals surface area contributed by atoms with Crippen LogP contribution in [-0.2, 0) is 28.5 Å². The number of carbonyl (C=O) groups is 5. The minimum Gasteiger partial charge on any atom is -0.449 e. The van der Waals surface area contributed by atoms with Gasteiger partial charge in [0.25, 0.3) is 0 Å². The van der Waals surface area contributed by atoms with E-state index >= 15 is 0 Å². The van der Waals surface area contributed by atoms with E-state index in [4.69, 9.17) is 28.1 Å². The fourth-order valence-electron chi connectivity index (χ4n) is 3.66. The van der Waals surface area contributed by atoms with E-state index in [2.05, 4.69) is 0 Å². The summed E-state index contributed by atoms with van der Waals surface area (Å²) in [7, 11) is 0. The molecular weight excluding hydrogens is 464 g/mol. The Labute approximate surface area is 199 Å². The number of benzene rings is 1. The summed E-state index contributed by atoms with van der Waals surface area (Å²) in [4.78, 5) is 61.6. The molecule has 1 unspecified atom stereocenters. The normalized spacial score (nSPS) is 18.9. The molecule has 1 fully saturated rings. The third-order valence-corrected chi connectivity index (χ3v) is 5.19. The molecule has 11 nitrogen and oxygen atoms in total. The molecule has 35 heavy (non-hydrogen) atoms. The van der Waals surface area contributed by atoms with Crippen molar-refractivity contribution in [1.82, 2.24) is 0 Å². The zero-order valence-electron chi connectivity index (χ0n) is 19.2. The molecule has 1 aliphatic carbocycles. The summed E-state index contributed by atoms with van der Waals surface area (Å²) >= 11 is 0. The highest BCUT2D eigenvalue weighted by Crippen LogP contribution is 2.30. The number of ketones is 3. The van der Waals surface area contributed by atoms with Gasteiger partial charge in [0.05, 0.1) is 12.2 Å². The smallest absolute Gasteiger partial charge is 0.449 e. The lowest BCUT2D eigenvalue weighted by Crippen LogP contribution is -2.27. The molecule has 4 rings (SSSR count). The van der Waals surface area contributed by atoms with Crippen LogP contribution in [-0.4, -0.2) is 60.9 Å². The third kappa shape index (κ3) is 5.31. The topological polar surface area (TPSA) is 145 Å². The molecule has 2 heterocycles. The van der Waals surface area contributed by atoms with E-state index in [1.165, 1.54) is 19.1 Å². The molecule has 1 aliphatic heterocycles. The Hall–Kier alpha value is -3.83. The summed E-state index contributed by atoms with van der Waals surface area (Å²) in [5, 5.41) is 0. The molecule has 184 valence electrons. The maximum absolute atomic E-state index is 12.6. The number of carbonyl (C=O) groups excluding carboxylic acids is 5. The summed E-state index contributed by atoms with van der Waals surface area (Å²) in [5.41, 5.74) is 0.328. The van der Waals surface area contributed by atoms with Crippen molar-refractivity contribution in [1.29, 1.82) is 0 Å². The molecule has 0 saturated carbocycles. The van der Waals surface area contributed by atoms with Gasteiger partial charge in [-0.05, 0) is 19.9 Å². The largest absolute Gasteiger partial charge is 0.511 e. The Kier molecular flexibility index (Phi) is 6.55. The number of rotatable bonds is 7. The average Bonchev–Trinajstić information content (AvgIpc) is 3.39. The average molecular weight is 486 g/mol. The monoisotopic (exact) mass is 486 g/mol. The van der Waals surface area contributed by atoms with Gasteiger partial charge in [-0.1, -0.05) is 24.3 Å². The van der Waals surface area contributed by atoms with E-state index in [1.807, 2.05) is 0 Å². The molecule has 2 atom stereocenters. The van der Waals surface area contributed by atoms with Gasteiger partial charge in [-0.25, -0.2) is 4.79 Å². The van der Waals surface area contributed by atoms with Crippen LogP contribution in [0, 0.1) is 0 Å². The van der Waals surface area contributed by atoms with Crippen molar-refractivity contribution in [2.24, 2.45) is 0 Å². The molecule has 0 spiro atoms. The second kappa shape index (κ2) is 9.43. The molecule has 1 aromatic heterocycles. The lowest BCUT2D eigenvalue weighted by Gasteiger charge is -2.17. The summed E-state index contributed by atoms with van der Waals surface area (Å²) < 4.78 is 30.8. The molecule has 1 saturated heterocycles. The number of furan rings is 1. The number of esters is 1. The van der Waals surface area contributed by atoms with Crippen molar-refractivity contribution in [3.05, 3.63) is 58.5 Å². The number of Topliss-reactive ketones (excluding diaryl/α,β-unsaturated/α-hetero) is 1. The number of hydrogen-bond donors (Lipinski definition) is 0. The van der Waals surface area contributed by atoms with Crippen molar-refractivity contribution in [2.45, 2.75) is 45.4 Å². The van der Waals surface area contributed by atoms with Crippen LogP contribution < -0.4 is 0 Å². The predicted molar refractivity (Wildman–Crippen MR) is 114 cm³/mol. The van der Waals surface area contributed by atoms with Gasteiger partial charge in [-0.3, -0.25) is 19.2 Å². The predicted octanol–water partition coefficient (Wildman–Crippen LogP) is 2.82. The second-order valence-corrected chi connectivity index (χ2v) is 8.34. The maximum Gasteiger partial charge on any atom is 0.511 e. The van der Waals surface area contributed by atoms with Gasteiger partial charge in [-0.2, -0.15) is 0 Å². The first-order valence-electron chi connectivity index (χ1n) is 10.7. The molecule has 11 heteroatoms. The molecule has 2 aromatic rings. The number of hydrogen-bond acceptors (Lipinski definition) is 11. The quantitative estimate of drug-likeness (QED) is 0.210. The van der Waals surface area contributed by atoms with E-state index in [0.29, 0.717) is 0 Å². The lowest BCUT2D eigenvalue weighted by atomic mass is 9.88. The number of fused-ring (bicyclic) bond motifs is 2. The Bertz CT molecular complexity index is 1150. The standard InChI is InChI=1S/C24H22O11/c1-12(33-23(29)30-10-13-11-31-24(2,3)35-13)32-19(26)9-17(25)18-8-16-20(27)14-6-4-5-7-15(14)21(28)22(16)34-18/h4-8,12-13H,9-11H2,1-3H3/t12?,13-/m1/s1. The molecule has 1 aromatic carbocycles. The minimum absolute atomic E-state index is 0.0510. The lowest BCUT2D eigenvalue weighted by molar-refractivity contribution is -0.168.